The molecule has 2 N–H and O–H groups in total. The van der Waals surface area contributed by atoms with Crippen LogP contribution in [0.5, 0.6) is 5.75 Å². The minimum absolute atomic E-state index is 0.557. The summed E-state index contributed by atoms with van der Waals surface area (Å²) in [4.78, 5) is 34.8. The number of methoxy groups -OCH3 is 1. The van der Waals surface area contributed by atoms with E-state index in [0.29, 0.717) is 16.3 Å². The fourth-order valence-corrected chi connectivity index (χ4v) is 2.56. The van der Waals surface area contributed by atoms with Gasteiger partial charge < -0.3 is 15.2 Å². The van der Waals surface area contributed by atoms with Crippen molar-refractivity contribution in [1.82, 2.24) is 4.90 Å². The molecule has 1 atom stereocenters. The van der Waals surface area contributed by atoms with Crippen LogP contribution >= 0.6 is 11.8 Å². The van der Waals surface area contributed by atoms with Crippen molar-refractivity contribution in [1.29, 1.82) is 0 Å². The van der Waals surface area contributed by atoms with E-state index in [9.17, 15) is 14.4 Å². The maximum Gasteiger partial charge on any atom is 0.323 e. The molecule has 1 saturated heterocycles. The Morgan fingerprint density at radius 1 is 1.40 bits per heavy atom. The lowest BCUT2D eigenvalue weighted by Gasteiger charge is -2.13. The zero-order chi connectivity index (χ0) is 14.7. The molecule has 8 heteroatoms. The second kappa shape index (κ2) is 5.83. The molecule has 0 radical (unpaired) electrons. The zero-order valence-electron chi connectivity index (χ0n) is 10.5. The summed E-state index contributed by atoms with van der Waals surface area (Å²) in [6, 6.07) is 6.83. The van der Waals surface area contributed by atoms with Crippen molar-refractivity contribution in [2.45, 2.75) is 5.37 Å². The Balaban J connectivity index is 2.04. The molecule has 1 aromatic rings. The molecule has 0 unspecified atom stereocenters. The lowest BCUT2D eigenvalue weighted by molar-refractivity contribution is -0.141. The second-order valence-corrected chi connectivity index (χ2v) is 5.01. The summed E-state index contributed by atoms with van der Waals surface area (Å²) in [7, 11) is 1.54. The maximum absolute atomic E-state index is 11.9. The van der Waals surface area contributed by atoms with Crippen molar-refractivity contribution in [3.8, 4) is 5.75 Å². The molecule has 1 aromatic carbocycles. The van der Waals surface area contributed by atoms with Crippen molar-refractivity contribution < 1.29 is 24.2 Å². The molecule has 0 bridgehead atoms. The van der Waals surface area contributed by atoms with Gasteiger partial charge in [0.2, 0.25) is 0 Å². The molecule has 1 aliphatic rings. The van der Waals surface area contributed by atoms with Gasteiger partial charge in [0.05, 0.1) is 7.11 Å². The van der Waals surface area contributed by atoms with Gasteiger partial charge in [-0.15, -0.1) is 0 Å². The maximum atomic E-state index is 11.9. The average Bonchev–Trinajstić information content (AvgIpc) is 2.67. The van der Waals surface area contributed by atoms with Crippen LogP contribution < -0.4 is 10.1 Å². The van der Waals surface area contributed by atoms with E-state index in [4.69, 9.17) is 9.84 Å². The lowest BCUT2D eigenvalue weighted by atomic mass is 10.3. The smallest absolute Gasteiger partial charge is 0.323 e. The number of carbonyl (C=O) groups is 3. The van der Waals surface area contributed by atoms with Crippen LogP contribution in [-0.2, 0) is 9.59 Å². The van der Waals surface area contributed by atoms with E-state index in [1.165, 1.54) is 0 Å². The fourth-order valence-electron chi connectivity index (χ4n) is 1.65. The van der Waals surface area contributed by atoms with E-state index in [2.05, 4.69) is 5.32 Å². The van der Waals surface area contributed by atoms with Crippen LogP contribution in [0.3, 0.4) is 0 Å². The molecule has 0 spiro atoms. The minimum Gasteiger partial charge on any atom is -0.497 e. The zero-order valence-corrected chi connectivity index (χ0v) is 11.3. The van der Waals surface area contributed by atoms with Crippen LogP contribution in [0, 0.1) is 0 Å². The fraction of sp³-hybridized carbons (Fsp3) is 0.250. The van der Waals surface area contributed by atoms with Crippen molar-refractivity contribution >= 4 is 34.6 Å². The van der Waals surface area contributed by atoms with Crippen LogP contribution in [0.15, 0.2) is 24.3 Å². The van der Waals surface area contributed by atoms with E-state index in [-0.39, 0.29) is 0 Å². The standard InChI is InChI=1S/C12H12N2O5S/c1-19-8-4-2-7(3-5-8)13-10-11(17)14(6-9(15)16)12(18)20-10/h2-5,10,13H,6H2,1H3,(H,15,16)/t10-/m0/s1. The highest BCUT2D eigenvalue weighted by Crippen LogP contribution is 2.28. The molecule has 0 saturated carbocycles. The van der Waals surface area contributed by atoms with Crippen molar-refractivity contribution in [2.75, 3.05) is 19.0 Å². The number of carbonyl (C=O) groups excluding carboxylic acids is 2. The molecule has 7 nitrogen and oxygen atoms in total. The Hall–Kier alpha value is -2.22. The molecule has 0 aromatic heterocycles. The number of carboxylic acid groups (broad SMARTS) is 1. The highest BCUT2D eigenvalue weighted by Gasteiger charge is 2.40. The van der Waals surface area contributed by atoms with Gasteiger partial charge in [-0.25, -0.2) is 0 Å². The number of ether oxygens (including phenoxy) is 1. The monoisotopic (exact) mass is 296 g/mol. The number of imide groups is 1. The molecular formula is C12H12N2O5S. The Morgan fingerprint density at radius 3 is 2.60 bits per heavy atom. The van der Waals surface area contributed by atoms with Crippen molar-refractivity contribution in [2.24, 2.45) is 0 Å². The summed E-state index contributed by atoms with van der Waals surface area (Å²) in [5.74, 6) is -1.11. The molecule has 0 aliphatic carbocycles. The number of carboxylic acids is 1. The lowest BCUT2D eigenvalue weighted by Crippen LogP contribution is -2.37. The molecule has 2 rings (SSSR count). The molecule has 1 heterocycles. The van der Waals surface area contributed by atoms with Gasteiger partial charge >= 0.3 is 5.97 Å². The number of nitrogens with zero attached hydrogens (tertiary/aromatic N) is 1. The number of hydrogen-bond donors (Lipinski definition) is 2. The predicted molar refractivity (Wildman–Crippen MR) is 72.7 cm³/mol. The Labute approximate surface area is 118 Å². The van der Waals surface area contributed by atoms with Gasteiger partial charge in [-0.05, 0) is 36.0 Å². The van der Waals surface area contributed by atoms with E-state index in [1.807, 2.05) is 0 Å². The van der Waals surface area contributed by atoms with Gasteiger partial charge in [0.15, 0.2) is 5.37 Å². The largest absolute Gasteiger partial charge is 0.497 e. The second-order valence-electron chi connectivity index (χ2n) is 3.95. The van der Waals surface area contributed by atoms with Crippen LogP contribution in [0.25, 0.3) is 0 Å². The van der Waals surface area contributed by atoms with Gasteiger partial charge in [0, 0.05) is 5.69 Å². The van der Waals surface area contributed by atoms with E-state index in [1.54, 1.807) is 31.4 Å². The molecular weight excluding hydrogens is 284 g/mol. The van der Waals surface area contributed by atoms with E-state index in [0.717, 1.165) is 11.8 Å². The Morgan fingerprint density at radius 2 is 2.05 bits per heavy atom. The number of nitrogens with one attached hydrogen (secondary N) is 1. The van der Waals surface area contributed by atoms with Crippen LogP contribution in [0.2, 0.25) is 0 Å². The first kappa shape index (κ1) is 14.2. The van der Waals surface area contributed by atoms with E-state index < -0.39 is 29.0 Å². The SMILES string of the molecule is COc1ccc(N[C@H]2SC(=O)N(CC(=O)O)C2=O)cc1. The number of amides is 2. The Kier molecular flexibility index (Phi) is 4.14. The third kappa shape index (κ3) is 3.02. The minimum atomic E-state index is -1.22. The normalized spacial score (nSPS) is 18.2. The van der Waals surface area contributed by atoms with Crippen molar-refractivity contribution in [3.05, 3.63) is 24.3 Å². The van der Waals surface area contributed by atoms with Crippen LogP contribution in [-0.4, -0.2) is 46.2 Å². The molecule has 20 heavy (non-hydrogen) atoms. The number of benzene rings is 1. The van der Waals surface area contributed by atoms with Gasteiger partial charge in [-0.3, -0.25) is 19.3 Å². The molecule has 106 valence electrons. The van der Waals surface area contributed by atoms with Gasteiger partial charge in [-0.1, -0.05) is 0 Å². The number of thioether (sulfide) groups is 1. The summed E-state index contributed by atoms with van der Waals surface area (Å²) in [5, 5.41) is 10.2. The first-order valence-corrected chi connectivity index (χ1v) is 6.53. The summed E-state index contributed by atoms with van der Waals surface area (Å²) >= 11 is 0.760. The summed E-state index contributed by atoms with van der Waals surface area (Å²) in [5.41, 5.74) is 0.640. The van der Waals surface area contributed by atoms with Crippen LogP contribution in [0.1, 0.15) is 0 Å². The predicted octanol–water partition coefficient (Wildman–Crippen LogP) is 1.21. The highest BCUT2D eigenvalue weighted by atomic mass is 32.2. The third-order valence-electron chi connectivity index (χ3n) is 2.61. The molecule has 1 aliphatic heterocycles. The Bertz CT molecular complexity index is 545. The first-order chi connectivity index (χ1) is 9.51. The average molecular weight is 296 g/mol. The molecule has 1 fully saturated rings. The quantitative estimate of drug-likeness (QED) is 0.843. The van der Waals surface area contributed by atoms with Crippen molar-refractivity contribution in [3.63, 3.8) is 0 Å². The molecule has 2 amide bonds. The summed E-state index contributed by atoms with van der Waals surface area (Å²) in [6.07, 6.45) is 0. The van der Waals surface area contributed by atoms with Gasteiger partial charge in [0.25, 0.3) is 11.1 Å². The number of hydrogen-bond acceptors (Lipinski definition) is 6. The number of anilines is 1. The highest BCUT2D eigenvalue weighted by molar-refractivity contribution is 8.15. The first-order valence-electron chi connectivity index (χ1n) is 5.65. The van der Waals surface area contributed by atoms with Gasteiger partial charge in [-0.2, -0.15) is 0 Å². The number of rotatable bonds is 5. The third-order valence-corrected chi connectivity index (χ3v) is 3.59. The topological polar surface area (TPSA) is 95.9 Å². The summed E-state index contributed by atoms with van der Waals surface area (Å²) < 4.78 is 5.01. The van der Waals surface area contributed by atoms with Crippen LogP contribution in [0.4, 0.5) is 10.5 Å². The van der Waals surface area contributed by atoms with E-state index >= 15 is 0 Å². The summed E-state index contributed by atoms with van der Waals surface area (Å²) in [6.45, 7) is -0.620. The number of aliphatic carboxylic acids is 1. The van der Waals surface area contributed by atoms with Gasteiger partial charge in [0.1, 0.15) is 12.3 Å².